The third-order valence-corrected chi connectivity index (χ3v) is 8.00. The second kappa shape index (κ2) is 11.9. The van der Waals surface area contributed by atoms with E-state index in [9.17, 15) is 23.7 Å². The van der Waals surface area contributed by atoms with Crippen molar-refractivity contribution in [2.75, 3.05) is 26.1 Å². The molecule has 2 N–H and O–H groups in total. The number of rotatable bonds is 10. The summed E-state index contributed by atoms with van der Waals surface area (Å²) in [5, 5.41) is 25.8. The van der Waals surface area contributed by atoms with Crippen LogP contribution in [0.4, 0.5) is 5.95 Å². The largest absolute Gasteiger partial charge is 0.494 e. The maximum absolute atomic E-state index is 13.8. The number of aromatic amines is 1. The highest BCUT2D eigenvalue weighted by atomic mass is 32.2. The number of nitriles is 2. The number of H-pyrrole nitrogens is 1. The van der Waals surface area contributed by atoms with Crippen molar-refractivity contribution in [3.05, 3.63) is 81.6 Å². The van der Waals surface area contributed by atoms with Gasteiger partial charge >= 0.3 is 0 Å². The second-order valence-electron chi connectivity index (χ2n) is 8.66. The first-order valence-corrected chi connectivity index (χ1v) is 13.6. The number of anilines is 1. The number of nitrogens with one attached hydrogen (secondary N) is 2. The van der Waals surface area contributed by atoms with Crippen LogP contribution in [-0.4, -0.2) is 54.7 Å². The molecule has 41 heavy (non-hydrogen) atoms. The number of pyridine rings is 1. The fourth-order valence-electron chi connectivity index (χ4n) is 4.29. The van der Waals surface area contributed by atoms with Gasteiger partial charge in [0.2, 0.25) is 21.5 Å². The lowest BCUT2D eigenvalue weighted by Crippen LogP contribution is -2.33. The first-order chi connectivity index (χ1) is 19.7. The Kier molecular flexibility index (Phi) is 8.37. The molecule has 0 aliphatic carbocycles. The zero-order valence-corrected chi connectivity index (χ0v) is 23.3. The molecule has 2 heterocycles. The van der Waals surface area contributed by atoms with Gasteiger partial charge in [0.15, 0.2) is 5.82 Å². The molecule has 2 aromatic heterocycles. The highest BCUT2D eigenvalue weighted by Gasteiger charge is 2.35. The van der Waals surface area contributed by atoms with Crippen molar-refractivity contribution in [3.63, 3.8) is 0 Å². The van der Waals surface area contributed by atoms with Gasteiger partial charge in [-0.1, -0.05) is 18.2 Å². The maximum atomic E-state index is 13.8. The third kappa shape index (κ3) is 5.60. The molecule has 0 spiro atoms. The number of hydrogen-bond donors (Lipinski definition) is 2. The molecule has 0 fully saturated rings. The van der Waals surface area contributed by atoms with E-state index in [-0.39, 0.29) is 34.3 Å². The van der Waals surface area contributed by atoms with Crippen LogP contribution in [0.15, 0.2) is 59.4 Å². The van der Waals surface area contributed by atoms with Crippen LogP contribution in [0, 0.1) is 22.7 Å². The van der Waals surface area contributed by atoms with E-state index in [1.807, 2.05) is 12.1 Å². The smallest absolute Gasteiger partial charge is 0.248 e. The molecule has 0 aliphatic rings. The van der Waals surface area contributed by atoms with Crippen molar-refractivity contribution in [1.29, 1.82) is 10.5 Å². The predicted octanol–water partition coefficient (Wildman–Crippen LogP) is 2.90. The Labute approximate surface area is 235 Å². The van der Waals surface area contributed by atoms with Crippen LogP contribution < -0.4 is 19.8 Å². The summed E-state index contributed by atoms with van der Waals surface area (Å²) in [6.45, 7) is 1.41. The SMILES string of the molecule is COc1cccc(OC)c1-n1c(NS(=O)(=O)[C@@H](C)[C@H](OC)c2ccc(C#N)cc2C#N)nnc1-c1cccc(=O)[nH]1. The number of aromatic nitrogens is 4. The van der Waals surface area contributed by atoms with Gasteiger partial charge in [-0.05, 0) is 42.8 Å². The van der Waals surface area contributed by atoms with E-state index in [4.69, 9.17) is 14.2 Å². The van der Waals surface area contributed by atoms with Gasteiger partial charge in [-0.3, -0.25) is 14.1 Å². The van der Waals surface area contributed by atoms with Crippen LogP contribution in [0.2, 0.25) is 0 Å². The van der Waals surface area contributed by atoms with Crippen molar-refractivity contribution in [2.45, 2.75) is 18.3 Å². The van der Waals surface area contributed by atoms with Gasteiger partial charge in [-0.2, -0.15) is 10.5 Å². The first kappa shape index (κ1) is 28.8. The van der Waals surface area contributed by atoms with Crippen molar-refractivity contribution in [2.24, 2.45) is 0 Å². The molecular weight excluding hydrogens is 550 g/mol. The van der Waals surface area contributed by atoms with Crippen molar-refractivity contribution < 1.29 is 22.6 Å². The van der Waals surface area contributed by atoms with Crippen LogP contribution in [0.25, 0.3) is 17.2 Å². The van der Waals surface area contributed by atoms with Gasteiger partial charge in [0, 0.05) is 13.2 Å². The minimum Gasteiger partial charge on any atom is -0.494 e. The van der Waals surface area contributed by atoms with Gasteiger partial charge in [-0.25, -0.2) is 8.42 Å². The van der Waals surface area contributed by atoms with Gasteiger partial charge in [0.25, 0.3) is 0 Å². The van der Waals surface area contributed by atoms with Crippen LogP contribution in [0.1, 0.15) is 29.7 Å². The summed E-state index contributed by atoms with van der Waals surface area (Å²) in [6, 6.07) is 17.7. The van der Waals surface area contributed by atoms with Crippen molar-refractivity contribution >= 4 is 16.0 Å². The molecule has 13 nitrogen and oxygen atoms in total. The molecule has 4 aromatic rings. The molecular formula is C27H25N7O6S. The van der Waals surface area contributed by atoms with Crippen molar-refractivity contribution in [1.82, 2.24) is 19.7 Å². The Morgan fingerprint density at radius 3 is 2.24 bits per heavy atom. The van der Waals surface area contributed by atoms with Gasteiger partial charge in [0.05, 0.1) is 43.2 Å². The maximum Gasteiger partial charge on any atom is 0.248 e. The van der Waals surface area contributed by atoms with E-state index in [0.29, 0.717) is 17.1 Å². The summed E-state index contributed by atoms with van der Waals surface area (Å²) in [5.74, 6) is 0.485. The van der Waals surface area contributed by atoms with E-state index in [2.05, 4.69) is 19.9 Å². The van der Waals surface area contributed by atoms with Crippen LogP contribution >= 0.6 is 0 Å². The minimum absolute atomic E-state index is 0.0954. The van der Waals surface area contributed by atoms with Crippen LogP contribution in [0.3, 0.4) is 0 Å². The topological polar surface area (TPSA) is 185 Å². The fourth-order valence-corrected chi connectivity index (χ4v) is 5.45. The molecule has 210 valence electrons. The number of hydrogen-bond acceptors (Lipinski definition) is 10. The Morgan fingerprint density at radius 2 is 1.66 bits per heavy atom. The highest BCUT2D eigenvalue weighted by Crippen LogP contribution is 2.38. The molecule has 0 unspecified atom stereocenters. The molecule has 0 saturated heterocycles. The second-order valence-corrected chi connectivity index (χ2v) is 10.7. The van der Waals surface area contributed by atoms with E-state index in [0.717, 1.165) is 0 Å². The fraction of sp³-hybridized carbons (Fsp3) is 0.222. The first-order valence-electron chi connectivity index (χ1n) is 12.0. The molecule has 4 rings (SSSR count). The standard InChI is InChI=1S/C27H25N7O6S/c1-16(25(40-4)19-12-11-17(14-28)13-18(19)15-29)41(36,37)33-27-32-31-26(20-7-5-10-23(35)30-20)34(27)24-21(38-2)8-6-9-22(24)39-3/h5-13,16,25H,1-4H3,(H,30,35)(H,32,33)/t16-,25-/m0/s1. The van der Waals surface area contributed by atoms with Gasteiger partial charge < -0.3 is 19.2 Å². The Bertz CT molecular complexity index is 1810. The molecule has 2 atom stereocenters. The van der Waals surface area contributed by atoms with Gasteiger partial charge in [0.1, 0.15) is 28.5 Å². The summed E-state index contributed by atoms with van der Waals surface area (Å²) < 4.78 is 48.0. The lowest BCUT2D eigenvalue weighted by molar-refractivity contribution is 0.102. The number of benzene rings is 2. The molecule has 0 aliphatic heterocycles. The summed E-state index contributed by atoms with van der Waals surface area (Å²) in [7, 11) is -0.0916. The summed E-state index contributed by atoms with van der Waals surface area (Å²) in [6.07, 6.45) is -1.09. The number of ether oxygens (including phenoxy) is 3. The van der Waals surface area contributed by atoms with Crippen LogP contribution in [0.5, 0.6) is 11.5 Å². The molecule has 0 radical (unpaired) electrons. The average Bonchev–Trinajstić information content (AvgIpc) is 3.39. The molecule has 0 bridgehead atoms. The number of sulfonamides is 1. The molecule has 14 heteroatoms. The molecule has 2 aromatic carbocycles. The summed E-state index contributed by atoms with van der Waals surface area (Å²) >= 11 is 0. The normalized spacial score (nSPS) is 12.5. The average molecular weight is 576 g/mol. The third-order valence-electron chi connectivity index (χ3n) is 6.31. The zero-order chi connectivity index (χ0) is 29.7. The van der Waals surface area contributed by atoms with Crippen molar-refractivity contribution in [3.8, 4) is 40.8 Å². The molecule has 0 amide bonds. The minimum atomic E-state index is -4.29. The molecule has 0 saturated carbocycles. The predicted molar refractivity (Wildman–Crippen MR) is 148 cm³/mol. The van der Waals surface area contributed by atoms with E-state index in [1.165, 1.54) is 63.2 Å². The quantitative estimate of drug-likeness (QED) is 0.285. The highest BCUT2D eigenvalue weighted by molar-refractivity contribution is 7.93. The van der Waals surface area contributed by atoms with Gasteiger partial charge in [-0.15, -0.1) is 10.2 Å². The Morgan fingerprint density at radius 1 is 0.976 bits per heavy atom. The Balaban J connectivity index is 1.86. The summed E-state index contributed by atoms with van der Waals surface area (Å²) in [4.78, 5) is 14.8. The number of methoxy groups -OCH3 is 3. The number of para-hydroxylation sites is 1. The van der Waals surface area contributed by atoms with E-state index < -0.39 is 26.9 Å². The lowest BCUT2D eigenvalue weighted by atomic mass is 9.99. The lowest BCUT2D eigenvalue weighted by Gasteiger charge is -2.24. The summed E-state index contributed by atoms with van der Waals surface area (Å²) in [5.41, 5.74) is 0.771. The van der Waals surface area contributed by atoms with E-state index in [1.54, 1.807) is 24.3 Å². The van der Waals surface area contributed by atoms with Crippen LogP contribution in [-0.2, 0) is 14.8 Å². The Hall–Kier alpha value is -5.18. The zero-order valence-electron chi connectivity index (χ0n) is 22.4. The number of nitrogens with zero attached hydrogens (tertiary/aromatic N) is 5. The monoisotopic (exact) mass is 575 g/mol. The van der Waals surface area contributed by atoms with E-state index >= 15 is 0 Å².